The van der Waals surface area contributed by atoms with Crippen molar-refractivity contribution in [3.8, 4) is 17.1 Å². The van der Waals surface area contributed by atoms with Crippen molar-refractivity contribution in [2.24, 2.45) is 0 Å². The first-order valence-corrected chi connectivity index (χ1v) is 12.6. The van der Waals surface area contributed by atoms with Gasteiger partial charge in [-0.1, -0.05) is 48.5 Å². The highest BCUT2D eigenvalue weighted by Crippen LogP contribution is 2.41. The number of anilines is 1. The van der Waals surface area contributed by atoms with Gasteiger partial charge in [-0.25, -0.2) is 22.9 Å². The molecule has 1 N–H and O–H groups in total. The topological polar surface area (TPSA) is 90.5 Å². The average molecular weight is 522 g/mol. The molecular weight excluding hydrogens is 497 g/mol. The number of esters is 1. The van der Waals surface area contributed by atoms with Crippen molar-refractivity contribution >= 4 is 23.0 Å². The maximum Gasteiger partial charge on any atom is 0.341 e. The fourth-order valence-corrected chi connectivity index (χ4v) is 5.03. The summed E-state index contributed by atoms with van der Waals surface area (Å²) in [5, 5.41) is 12.2. The van der Waals surface area contributed by atoms with E-state index in [0.717, 1.165) is 5.56 Å². The molecule has 3 aromatic carbocycles. The van der Waals surface area contributed by atoms with E-state index in [1.807, 2.05) is 67.6 Å². The van der Waals surface area contributed by atoms with Gasteiger partial charge in [-0.3, -0.25) is 0 Å². The minimum atomic E-state index is -0.483. The number of ether oxygens (including phenoxy) is 1. The van der Waals surface area contributed by atoms with Gasteiger partial charge in [-0.15, -0.1) is 10.2 Å². The lowest BCUT2D eigenvalue weighted by molar-refractivity contribution is -0.138. The molecule has 0 amide bonds. The summed E-state index contributed by atoms with van der Waals surface area (Å²) < 4.78 is 22.2. The second-order valence-corrected chi connectivity index (χ2v) is 9.11. The molecule has 1 atom stereocenters. The standard InChI is InChI=1S/C30H24FN5O3/c1-3-39-29(37)23-18(2)32-27-25(24(23)19-10-6-4-7-11-19)28-34-33-26(20-14-16-21(31)17-15-20)36(28)30(38)35(27)22-12-8-5-9-13-22/h4-18,32H,3H2,1-2H3. The van der Waals surface area contributed by atoms with E-state index in [9.17, 15) is 14.0 Å². The predicted molar refractivity (Wildman–Crippen MR) is 146 cm³/mol. The highest BCUT2D eigenvalue weighted by atomic mass is 19.1. The molecule has 39 heavy (non-hydrogen) atoms. The van der Waals surface area contributed by atoms with E-state index in [-0.39, 0.29) is 18.1 Å². The van der Waals surface area contributed by atoms with E-state index in [0.29, 0.717) is 33.8 Å². The van der Waals surface area contributed by atoms with E-state index in [1.165, 1.54) is 16.5 Å². The molecule has 194 valence electrons. The Kier molecular flexibility index (Phi) is 6.03. The van der Waals surface area contributed by atoms with Crippen LogP contribution in [0.1, 0.15) is 25.0 Å². The Balaban J connectivity index is 1.79. The van der Waals surface area contributed by atoms with Gasteiger partial charge in [-0.05, 0) is 55.8 Å². The van der Waals surface area contributed by atoms with E-state index >= 15 is 0 Å². The molecular formula is C30H24FN5O3. The molecule has 0 spiro atoms. The molecule has 0 fully saturated rings. The first-order valence-electron chi connectivity index (χ1n) is 12.6. The largest absolute Gasteiger partial charge is 0.463 e. The SMILES string of the molecule is CCOC(=O)C1=C(c2ccccc2)c2c(n(-c3ccccc3)c(=O)n3c(-c4ccc(F)cc4)nnc23)NC1C. The molecule has 8 nitrogen and oxygen atoms in total. The van der Waals surface area contributed by atoms with Crippen molar-refractivity contribution in [2.75, 3.05) is 11.9 Å². The van der Waals surface area contributed by atoms with Gasteiger partial charge < -0.3 is 10.1 Å². The number of benzene rings is 3. The number of carbonyl (C=O) groups excluding carboxylic acids is 1. The van der Waals surface area contributed by atoms with E-state index in [2.05, 4.69) is 15.5 Å². The fourth-order valence-electron chi connectivity index (χ4n) is 5.03. The third-order valence-corrected chi connectivity index (χ3v) is 6.71. The molecule has 1 aliphatic rings. The number of fused-ring (bicyclic) bond motifs is 3. The predicted octanol–water partition coefficient (Wildman–Crippen LogP) is 4.87. The van der Waals surface area contributed by atoms with Crippen LogP contribution < -0.4 is 11.0 Å². The van der Waals surface area contributed by atoms with Gasteiger partial charge in [0.1, 0.15) is 11.6 Å². The highest BCUT2D eigenvalue weighted by molar-refractivity contribution is 6.08. The molecule has 0 saturated heterocycles. The zero-order chi connectivity index (χ0) is 27.1. The molecule has 3 heterocycles. The first kappa shape index (κ1) is 24.3. The molecule has 5 aromatic rings. The van der Waals surface area contributed by atoms with Crippen LogP contribution in [0.3, 0.4) is 0 Å². The van der Waals surface area contributed by atoms with Gasteiger partial charge >= 0.3 is 11.7 Å². The second kappa shape index (κ2) is 9.68. The summed E-state index contributed by atoms with van der Waals surface area (Å²) in [5.41, 5.74) is 3.31. The average Bonchev–Trinajstić information content (AvgIpc) is 3.39. The Hall–Kier alpha value is -5.05. The van der Waals surface area contributed by atoms with Crippen LogP contribution in [0.5, 0.6) is 0 Å². The van der Waals surface area contributed by atoms with Crippen LogP contribution in [0.15, 0.2) is 95.3 Å². The maximum atomic E-state index is 14.2. The summed E-state index contributed by atoms with van der Waals surface area (Å²) in [6, 6.07) is 23.9. The lowest BCUT2D eigenvalue weighted by Gasteiger charge is -2.31. The Morgan fingerprint density at radius 1 is 0.949 bits per heavy atom. The second-order valence-electron chi connectivity index (χ2n) is 9.11. The van der Waals surface area contributed by atoms with Gasteiger partial charge in [0.15, 0.2) is 11.5 Å². The van der Waals surface area contributed by atoms with Crippen LogP contribution in [0, 0.1) is 5.82 Å². The summed E-state index contributed by atoms with van der Waals surface area (Å²) in [4.78, 5) is 27.6. The molecule has 9 heteroatoms. The fraction of sp³-hybridized carbons (Fsp3) is 0.133. The minimum Gasteiger partial charge on any atom is -0.463 e. The Morgan fingerprint density at radius 3 is 2.28 bits per heavy atom. The van der Waals surface area contributed by atoms with Crippen molar-refractivity contribution in [3.63, 3.8) is 0 Å². The lowest BCUT2D eigenvalue weighted by Crippen LogP contribution is -2.37. The van der Waals surface area contributed by atoms with Gasteiger partial charge in [0, 0.05) is 11.1 Å². The monoisotopic (exact) mass is 521 g/mol. The van der Waals surface area contributed by atoms with E-state index < -0.39 is 23.5 Å². The van der Waals surface area contributed by atoms with Gasteiger partial charge in [0.25, 0.3) is 0 Å². The van der Waals surface area contributed by atoms with Gasteiger partial charge in [0.2, 0.25) is 0 Å². The molecule has 0 aliphatic carbocycles. The highest BCUT2D eigenvalue weighted by Gasteiger charge is 2.36. The van der Waals surface area contributed by atoms with Crippen molar-refractivity contribution in [1.29, 1.82) is 0 Å². The molecule has 0 saturated carbocycles. The van der Waals surface area contributed by atoms with Crippen LogP contribution in [0.4, 0.5) is 10.2 Å². The normalized spacial score (nSPS) is 14.7. The van der Waals surface area contributed by atoms with E-state index in [4.69, 9.17) is 4.74 Å². The van der Waals surface area contributed by atoms with Crippen LogP contribution in [0.25, 0.3) is 28.3 Å². The number of aromatic nitrogens is 4. The number of rotatable bonds is 5. The lowest BCUT2D eigenvalue weighted by atomic mass is 9.87. The summed E-state index contributed by atoms with van der Waals surface area (Å²) in [5.74, 6) is -0.128. The molecule has 0 radical (unpaired) electrons. The minimum absolute atomic E-state index is 0.211. The summed E-state index contributed by atoms with van der Waals surface area (Å²) >= 11 is 0. The van der Waals surface area contributed by atoms with Crippen LogP contribution in [0.2, 0.25) is 0 Å². The van der Waals surface area contributed by atoms with Crippen LogP contribution >= 0.6 is 0 Å². The zero-order valence-corrected chi connectivity index (χ0v) is 21.3. The zero-order valence-electron chi connectivity index (χ0n) is 21.3. The quantitative estimate of drug-likeness (QED) is 0.332. The third kappa shape index (κ3) is 3.99. The first-order chi connectivity index (χ1) is 19.0. The number of hydrogen-bond acceptors (Lipinski definition) is 6. The molecule has 2 aromatic heterocycles. The number of hydrogen-bond donors (Lipinski definition) is 1. The van der Waals surface area contributed by atoms with Crippen LogP contribution in [-0.2, 0) is 9.53 Å². The smallest absolute Gasteiger partial charge is 0.341 e. The number of nitrogens with one attached hydrogen (secondary N) is 1. The Bertz CT molecular complexity index is 1790. The number of nitrogens with zero attached hydrogens (tertiary/aromatic N) is 4. The molecule has 6 rings (SSSR count). The number of carbonyl (C=O) groups is 1. The van der Waals surface area contributed by atoms with Gasteiger partial charge in [-0.2, -0.15) is 0 Å². The third-order valence-electron chi connectivity index (χ3n) is 6.71. The number of para-hydroxylation sites is 1. The molecule has 1 unspecified atom stereocenters. The van der Waals surface area contributed by atoms with Crippen molar-refractivity contribution in [3.05, 3.63) is 118 Å². The summed E-state index contributed by atoms with van der Waals surface area (Å²) in [6.45, 7) is 3.83. The summed E-state index contributed by atoms with van der Waals surface area (Å²) in [6.07, 6.45) is 0. The van der Waals surface area contributed by atoms with Crippen molar-refractivity contribution in [2.45, 2.75) is 19.9 Å². The maximum absolute atomic E-state index is 14.2. The Morgan fingerprint density at radius 2 is 1.62 bits per heavy atom. The molecule has 0 bridgehead atoms. The van der Waals surface area contributed by atoms with Crippen molar-refractivity contribution < 1.29 is 13.9 Å². The van der Waals surface area contributed by atoms with Crippen molar-refractivity contribution in [1.82, 2.24) is 19.2 Å². The Labute approximate surface area is 223 Å². The van der Waals surface area contributed by atoms with E-state index in [1.54, 1.807) is 23.6 Å². The van der Waals surface area contributed by atoms with Crippen LogP contribution in [-0.4, -0.2) is 37.8 Å². The number of halogens is 1. The summed E-state index contributed by atoms with van der Waals surface area (Å²) in [7, 11) is 0. The van der Waals surface area contributed by atoms with Gasteiger partial charge in [0.05, 0.1) is 29.5 Å². The molecule has 1 aliphatic heterocycles.